The Kier molecular flexibility index (Phi) is 7.82. The molecule has 0 unspecified atom stereocenters. The minimum atomic E-state index is -0.635. The van der Waals surface area contributed by atoms with Gasteiger partial charge in [0.2, 0.25) is 0 Å². The van der Waals surface area contributed by atoms with Crippen molar-refractivity contribution in [2.75, 3.05) is 39.4 Å². The molecule has 4 aromatic rings. The van der Waals surface area contributed by atoms with Gasteiger partial charge in [-0.25, -0.2) is 4.98 Å². The number of amides is 1. The van der Waals surface area contributed by atoms with Crippen molar-refractivity contribution in [1.29, 1.82) is 0 Å². The Hall–Kier alpha value is -3.72. The number of piperidine rings is 1. The molecule has 40 heavy (non-hydrogen) atoms. The van der Waals surface area contributed by atoms with E-state index >= 15 is 0 Å². The third-order valence-electron chi connectivity index (χ3n) is 8.27. The van der Waals surface area contributed by atoms with E-state index in [9.17, 15) is 9.90 Å². The molecule has 208 valence electrons. The summed E-state index contributed by atoms with van der Waals surface area (Å²) in [7, 11) is 0. The van der Waals surface area contributed by atoms with Gasteiger partial charge in [0.1, 0.15) is 11.4 Å². The summed E-state index contributed by atoms with van der Waals surface area (Å²) in [5.74, 6) is -0.213. The first-order chi connectivity index (χ1) is 19.5. The number of phenols is 1. The van der Waals surface area contributed by atoms with Crippen LogP contribution < -0.4 is 5.73 Å². The molecule has 2 saturated heterocycles. The van der Waals surface area contributed by atoms with E-state index in [2.05, 4.69) is 50.8 Å². The second-order valence-electron chi connectivity index (χ2n) is 11.1. The Bertz CT molecular complexity index is 1490. The fourth-order valence-electron chi connectivity index (χ4n) is 6.05. The van der Waals surface area contributed by atoms with Gasteiger partial charge in [0.15, 0.2) is 0 Å². The second-order valence-corrected chi connectivity index (χ2v) is 11.1. The van der Waals surface area contributed by atoms with Gasteiger partial charge >= 0.3 is 0 Å². The van der Waals surface area contributed by atoms with Gasteiger partial charge in [-0.15, -0.1) is 0 Å². The number of rotatable bonds is 8. The van der Waals surface area contributed by atoms with Crippen LogP contribution in [0.2, 0.25) is 0 Å². The average Bonchev–Trinajstić information content (AvgIpc) is 3.36. The predicted molar refractivity (Wildman–Crippen MR) is 155 cm³/mol. The summed E-state index contributed by atoms with van der Waals surface area (Å²) in [4.78, 5) is 21.3. The first kappa shape index (κ1) is 26.5. The molecule has 6 rings (SSSR count). The van der Waals surface area contributed by atoms with Gasteiger partial charge in [0.25, 0.3) is 5.91 Å². The Morgan fingerprint density at radius 2 is 1.60 bits per heavy atom. The number of primary amides is 1. The number of aromatic hydroxyl groups is 1. The molecule has 0 saturated carbocycles. The van der Waals surface area contributed by atoms with Gasteiger partial charge in [-0.1, -0.05) is 30.3 Å². The van der Waals surface area contributed by atoms with Crippen molar-refractivity contribution < 1.29 is 14.6 Å². The van der Waals surface area contributed by atoms with E-state index in [1.165, 1.54) is 16.7 Å². The maximum Gasteiger partial charge on any atom is 0.252 e. The molecule has 2 aromatic carbocycles. The lowest BCUT2D eigenvalue weighted by Gasteiger charge is -2.32. The largest absolute Gasteiger partial charge is 0.507 e. The fraction of sp³-hybridized carbons (Fsp3) is 0.375. The number of morpholine rings is 1. The van der Waals surface area contributed by atoms with E-state index in [4.69, 9.17) is 15.5 Å². The van der Waals surface area contributed by atoms with Crippen molar-refractivity contribution in [3.63, 3.8) is 0 Å². The summed E-state index contributed by atoms with van der Waals surface area (Å²) in [6, 6.07) is 18.4. The average molecular weight is 540 g/mol. The highest BCUT2D eigenvalue weighted by atomic mass is 16.5. The van der Waals surface area contributed by atoms with E-state index in [1.807, 2.05) is 18.5 Å². The zero-order chi connectivity index (χ0) is 27.5. The van der Waals surface area contributed by atoms with Gasteiger partial charge in [-0.3, -0.25) is 14.6 Å². The van der Waals surface area contributed by atoms with Crippen molar-refractivity contribution in [2.24, 2.45) is 5.73 Å². The van der Waals surface area contributed by atoms with Crippen molar-refractivity contribution >= 4 is 16.9 Å². The summed E-state index contributed by atoms with van der Waals surface area (Å²) >= 11 is 0. The lowest BCUT2D eigenvalue weighted by atomic mass is 9.90. The van der Waals surface area contributed by atoms with Crippen molar-refractivity contribution in [2.45, 2.75) is 38.4 Å². The van der Waals surface area contributed by atoms with Gasteiger partial charge in [0, 0.05) is 50.5 Å². The van der Waals surface area contributed by atoms with Crippen molar-refractivity contribution in [3.05, 3.63) is 94.8 Å². The predicted octanol–water partition coefficient (Wildman–Crippen LogP) is 4.10. The summed E-state index contributed by atoms with van der Waals surface area (Å²) < 4.78 is 7.55. The molecular weight excluding hydrogens is 502 g/mol. The molecule has 4 heterocycles. The monoisotopic (exact) mass is 539 g/mol. The lowest BCUT2D eigenvalue weighted by molar-refractivity contribution is 0.0342. The number of hydrogen-bond acceptors (Lipinski definition) is 6. The molecule has 1 amide bonds. The van der Waals surface area contributed by atoms with Gasteiger partial charge < -0.3 is 20.1 Å². The molecule has 0 aliphatic carbocycles. The van der Waals surface area contributed by atoms with Crippen LogP contribution in [0.1, 0.15) is 51.4 Å². The number of hydrogen-bond donors (Lipinski definition) is 2. The lowest BCUT2D eigenvalue weighted by Crippen LogP contribution is -2.35. The number of aromatic nitrogens is 2. The number of carbonyl (C=O) groups excluding carboxylic acids is 1. The third-order valence-corrected chi connectivity index (χ3v) is 8.27. The summed E-state index contributed by atoms with van der Waals surface area (Å²) in [6.07, 6.45) is 6.32. The van der Waals surface area contributed by atoms with E-state index in [0.29, 0.717) is 12.5 Å². The molecule has 0 bridgehead atoms. The first-order valence-corrected chi connectivity index (χ1v) is 14.2. The van der Waals surface area contributed by atoms with Gasteiger partial charge in [-0.05, 0) is 78.4 Å². The zero-order valence-corrected chi connectivity index (χ0v) is 22.8. The normalized spacial score (nSPS) is 17.4. The van der Waals surface area contributed by atoms with E-state index in [0.717, 1.165) is 81.9 Å². The van der Waals surface area contributed by atoms with E-state index in [1.54, 1.807) is 12.1 Å². The van der Waals surface area contributed by atoms with Crippen LogP contribution in [0.4, 0.5) is 0 Å². The van der Waals surface area contributed by atoms with Crippen LogP contribution in [0.25, 0.3) is 11.0 Å². The SMILES string of the molecule is NC(=O)c1ccc(Cn2ccc3cc(C4CCN(Cc5cccc(CN6CCOCC6)c5)CC4)cnc32)cc1O. The second kappa shape index (κ2) is 11.8. The van der Waals surface area contributed by atoms with Crippen LogP contribution in [-0.2, 0) is 24.4 Å². The molecule has 8 heteroatoms. The minimum absolute atomic E-state index is 0.0938. The van der Waals surface area contributed by atoms with Gasteiger partial charge in [-0.2, -0.15) is 0 Å². The smallest absolute Gasteiger partial charge is 0.252 e. The van der Waals surface area contributed by atoms with Crippen LogP contribution in [0.5, 0.6) is 5.75 Å². The maximum atomic E-state index is 11.4. The van der Waals surface area contributed by atoms with Crippen LogP contribution >= 0.6 is 0 Å². The van der Waals surface area contributed by atoms with Crippen LogP contribution in [0.3, 0.4) is 0 Å². The standard InChI is InChI=1S/C32H37N5O3/c33-31(39)29-5-4-25(17-30(29)38)22-37-11-8-27-18-28(19-34-32(27)37)26-6-9-35(10-7-26)20-23-2-1-3-24(16-23)21-36-12-14-40-15-13-36/h1-5,8,11,16-19,26,38H,6-7,9-10,12-15,20-22H2,(H2,33,39). The Labute approximate surface area is 235 Å². The quantitative estimate of drug-likeness (QED) is 0.350. The molecular formula is C32H37N5O3. The molecule has 2 aliphatic rings. The Balaban J connectivity index is 1.05. The van der Waals surface area contributed by atoms with Crippen LogP contribution in [-0.4, -0.2) is 69.8 Å². The first-order valence-electron chi connectivity index (χ1n) is 14.2. The number of ether oxygens (including phenoxy) is 1. The summed E-state index contributed by atoms with van der Waals surface area (Å²) in [5.41, 5.74) is 11.3. The molecule has 2 fully saturated rings. The van der Waals surface area contributed by atoms with Crippen molar-refractivity contribution in [1.82, 2.24) is 19.4 Å². The summed E-state index contributed by atoms with van der Waals surface area (Å²) in [6.45, 7) is 8.42. The highest BCUT2D eigenvalue weighted by Crippen LogP contribution is 2.30. The van der Waals surface area contributed by atoms with Crippen molar-refractivity contribution in [3.8, 4) is 5.75 Å². The number of likely N-dealkylation sites (tertiary alicyclic amines) is 1. The molecule has 2 aliphatic heterocycles. The summed E-state index contributed by atoms with van der Waals surface area (Å²) in [5, 5.41) is 11.2. The third kappa shape index (κ3) is 6.04. The number of pyridine rings is 1. The van der Waals surface area contributed by atoms with Crippen LogP contribution in [0.15, 0.2) is 67.0 Å². The highest BCUT2D eigenvalue weighted by Gasteiger charge is 2.22. The molecule has 2 aromatic heterocycles. The number of carbonyl (C=O) groups is 1. The molecule has 0 spiro atoms. The number of nitrogens with zero attached hydrogens (tertiary/aromatic N) is 4. The molecule has 0 atom stereocenters. The Morgan fingerprint density at radius 1 is 0.900 bits per heavy atom. The maximum absolute atomic E-state index is 11.4. The zero-order valence-electron chi connectivity index (χ0n) is 22.8. The van der Waals surface area contributed by atoms with E-state index in [-0.39, 0.29) is 11.3 Å². The topological polar surface area (TPSA) is 96.9 Å². The van der Waals surface area contributed by atoms with Gasteiger partial charge in [0.05, 0.1) is 18.8 Å². The van der Waals surface area contributed by atoms with Crippen LogP contribution in [0, 0.1) is 0 Å². The molecule has 0 radical (unpaired) electrons. The molecule has 3 N–H and O–H groups in total. The molecule has 8 nitrogen and oxygen atoms in total. The number of fused-ring (bicyclic) bond motifs is 1. The number of benzene rings is 2. The Morgan fingerprint density at radius 3 is 2.30 bits per heavy atom. The highest BCUT2D eigenvalue weighted by molar-refractivity contribution is 5.95. The fourth-order valence-corrected chi connectivity index (χ4v) is 6.05. The minimum Gasteiger partial charge on any atom is -0.507 e. The van der Waals surface area contributed by atoms with E-state index < -0.39 is 5.91 Å². The number of nitrogens with two attached hydrogens (primary N) is 1.